The summed E-state index contributed by atoms with van der Waals surface area (Å²) in [7, 11) is 0. The molecule has 0 saturated heterocycles. The quantitative estimate of drug-likeness (QED) is 0.830. The largest absolute Gasteiger partial charge is 0.355 e. The summed E-state index contributed by atoms with van der Waals surface area (Å²) in [4.78, 5) is 11.8. The maximum Gasteiger partial charge on any atom is 0.224 e. The number of rotatable bonds is 5. The van der Waals surface area contributed by atoms with Gasteiger partial charge in [0.25, 0.3) is 0 Å². The second kappa shape index (κ2) is 6.83. The predicted molar refractivity (Wildman–Crippen MR) is 70.6 cm³/mol. The van der Waals surface area contributed by atoms with E-state index in [1.807, 2.05) is 13.8 Å². The molecule has 0 spiro atoms. The standard InChI is InChI=1S/C13H16BrF2NO/c1-8(2)10(14)7-17-13(18)6-9-3-4-11(15)12(16)5-9/h3-5,8,10H,6-7H2,1-2H3,(H,17,18). The molecule has 2 nitrogen and oxygen atoms in total. The number of carbonyl (C=O) groups excluding carboxylic acids is 1. The fourth-order valence-corrected chi connectivity index (χ4v) is 1.51. The van der Waals surface area contributed by atoms with Crippen molar-refractivity contribution in [2.24, 2.45) is 5.92 Å². The molecule has 0 aromatic heterocycles. The van der Waals surface area contributed by atoms with E-state index in [9.17, 15) is 13.6 Å². The lowest BCUT2D eigenvalue weighted by Gasteiger charge is -2.14. The number of alkyl halides is 1. The number of nitrogens with one attached hydrogen (secondary N) is 1. The molecule has 1 unspecified atom stereocenters. The van der Waals surface area contributed by atoms with E-state index < -0.39 is 11.6 Å². The molecule has 1 N–H and O–H groups in total. The van der Waals surface area contributed by atoms with E-state index in [1.54, 1.807) is 0 Å². The van der Waals surface area contributed by atoms with Gasteiger partial charge in [-0.1, -0.05) is 35.8 Å². The molecule has 0 aliphatic carbocycles. The van der Waals surface area contributed by atoms with Crippen LogP contribution in [-0.2, 0) is 11.2 Å². The van der Waals surface area contributed by atoms with E-state index in [0.29, 0.717) is 18.0 Å². The SMILES string of the molecule is CC(C)C(Br)CNC(=O)Cc1ccc(F)c(F)c1. The van der Waals surface area contributed by atoms with E-state index in [2.05, 4.69) is 21.2 Å². The Balaban J connectivity index is 2.47. The number of hydrogen-bond acceptors (Lipinski definition) is 1. The minimum Gasteiger partial charge on any atom is -0.355 e. The van der Waals surface area contributed by atoms with E-state index in [0.717, 1.165) is 12.1 Å². The molecule has 1 amide bonds. The molecule has 1 aromatic rings. The number of carbonyl (C=O) groups is 1. The number of benzene rings is 1. The van der Waals surface area contributed by atoms with E-state index >= 15 is 0 Å². The first-order chi connectivity index (χ1) is 8.40. The average molecular weight is 320 g/mol. The van der Waals surface area contributed by atoms with Gasteiger partial charge in [-0.2, -0.15) is 0 Å². The van der Waals surface area contributed by atoms with Crippen molar-refractivity contribution in [3.05, 3.63) is 35.4 Å². The van der Waals surface area contributed by atoms with Crippen LogP contribution in [0.5, 0.6) is 0 Å². The van der Waals surface area contributed by atoms with Gasteiger partial charge < -0.3 is 5.32 Å². The Morgan fingerprint density at radius 2 is 2.00 bits per heavy atom. The summed E-state index contributed by atoms with van der Waals surface area (Å²) in [5.41, 5.74) is 0.460. The van der Waals surface area contributed by atoms with Gasteiger partial charge in [0, 0.05) is 11.4 Å². The molecule has 18 heavy (non-hydrogen) atoms. The Morgan fingerprint density at radius 1 is 1.33 bits per heavy atom. The summed E-state index contributed by atoms with van der Waals surface area (Å²) in [5.74, 6) is -1.62. The van der Waals surface area contributed by atoms with Crippen LogP contribution in [0.15, 0.2) is 18.2 Å². The zero-order chi connectivity index (χ0) is 13.7. The Hall–Kier alpha value is -0.970. The van der Waals surface area contributed by atoms with Crippen molar-refractivity contribution in [3.63, 3.8) is 0 Å². The van der Waals surface area contributed by atoms with Crippen LogP contribution in [0, 0.1) is 17.6 Å². The first-order valence-corrected chi connectivity index (χ1v) is 6.66. The maximum absolute atomic E-state index is 12.9. The molecule has 1 aromatic carbocycles. The average Bonchev–Trinajstić information content (AvgIpc) is 2.30. The second-order valence-corrected chi connectivity index (χ2v) is 5.67. The summed E-state index contributed by atoms with van der Waals surface area (Å²) in [5, 5.41) is 2.74. The fourth-order valence-electron chi connectivity index (χ4n) is 1.34. The van der Waals surface area contributed by atoms with Crippen molar-refractivity contribution in [1.29, 1.82) is 0 Å². The molecule has 0 aliphatic rings. The molecular formula is C13H16BrF2NO. The van der Waals surface area contributed by atoms with Crippen LogP contribution in [-0.4, -0.2) is 17.3 Å². The third-order valence-corrected chi connectivity index (χ3v) is 3.95. The molecule has 1 rings (SSSR count). The van der Waals surface area contributed by atoms with Crippen LogP contribution in [0.2, 0.25) is 0 Å². The van der Waals surface area contributed by atoms with Crippen LogP contribution in [0.4, 0.5) is 8.78 Å². The number of amides is 1. The highest BCUT2D eigenvalue weighted by atomic mass is 79.9. The molecule has 0 radical (unpaired) electrons. The summed E-state index contributed by atoms with van der Waals surface area (Å²) < 4.78 is 25.6. The highest BCUT2D eigenvalue weighted by Crippen LogP contribution is 2.11. The molecule has 5 heteroatoms. The first kappa shape index (κ1) is 15.1. The Bertz CT molecular complexity index is 423. The van der Waals surface area contributed by atoms with Gasteiger partial charge in [-0.25, -0.2) is 8.78 Å². The summed E-state index contributed by atoms with van der Waals surface area (Å²) >= 11 is 3.45. The van der Waals surface area contributed by atoms with Crippen LogP contribution in [0.1, 0.15) is 19.4 Å². The lowest BCUT2D eigenvalue weighted by Crippen LogP contribution is -2.32. The van der Waals surface area contributed by atoms with Gasteiger partial charge in [0.15, 0.2) is 11.6 Å². The van der Waals surface area contributed by atoms with Crippen molar-refractivity contribution >= 4 is 21.8 Å². The highest BCUT2D eigenvalue weighted by Gasteiger charge is 2.11. The van der Waals surface area contributed by atoms with Crippen molar-refractivity contribution < 1.29 is 13.6 Å². The predicted octanol–water partition coefficient (Wildman–Crippen LogP) is 3.04. The molecule has 0 bridgehead atoms. The Labute approximate surface area is 114 Å². The second-order valence-electron chi connectivity index (χ2n) is 4.49. The Morgan fingerprint density at radius 3 is 2.56 bits per heavy atom. The lowest BCUT2D eigenvalue weighted by molar-refractivity contribution is -0.120. The third-order valence-electron chi connectivity index (χ3n) is 2.57. The van der Waals surface area contributed by atoms with Crippen molar-refractivity contribution in [2.45, 2.75) is 25.1 Å². The first-order valence-electron chi connectivity index (χ1n) is 5.75. The van der Waals surface area contributed by atoms with Crippen molar-refractivity contribution in [1.82, 2.24) is 5.32 Å². The van der Waals surface area contributed by atoms with Crippen LogP contribution in [0.3, 0.4) is 0 Å². The molecule has 1 atom stereocenters. The van der Waals surface area contributed by atoms with Gasteiger partial charge in [-0.3, -0.25) is 4.79 Å². The van der Waals surface area contributed by atoms with Gasteiger partial charge in [-0.05, 0) is 23.6 Å². The van der Waals surface area contributed by atoms with E-state index in [-0.39, 0.29) is 17.2 Å². The molecule has 0 heterocycles. The Kier molecular flexibility index (Phi) is 5.72. The molecular weight excluding hydrogens is 304 g/mol. The molecule has 0 saturated carbocycles. The van der Waals surface area contributed by atoms with Crippen molar-refractivity contribution in [3.8, 4) is 0 Å². The number of halogens is 3. The zero-order valence-corrected chi connectivity index (χ0v) is 11.9. The fraction of sp³-hybridized carbons (Fsp3) is 0.462. The zero-order valence-electron chi connectivity index (χ0n) is 10.3. The third kappa shape index (κ3) is 4.72. The normalized spacial score (nSPS) is 12.6. The lowest BCUT2D eigenvalue weighted by atomic mass is 10.1. The van der Waals surface area contributed by atoms with Crippen LogP contribution >= 0.6 is 15.9 Å². The minimum absolute atomic E-state index is 0.0506. The van der Waals surface area contributed by atoms with E-state index in [1.165, 1.54) is 6.07 Å². The highest BCUT2D eigenvalue weighted by molar-refractivity contribution is 9.09. The van der Waals surface area contributed by atoms with Gasteiger partial charge in [0.1, 0.15) is 0 Å². The molecule has 0 fully saturated rings. The molecule has 100 valence electrons. The monoisotopic (exact) mass is 319 g/mol. The smallest absolute Gasteiger partial charge is 0.224 e. The minimum atomic E-state index is -0.930. The van der Waals surface area contributed by atoms with Gasteiger partial charge >= 0.3 is 0 Å². The van der Waals surface area contributed by atoms with Gasteiger partial charge in [0.2, 0.25) is 5.91 Å². The van der Waals surface area contributed by atoms with Crippen LogP contribution < -0.4 is 5.32 Å². The van der Waals surface area contributed by atoms with Crippen LogP contribution in [0.25, 0.3) is 0 Å². The van der Waals surface area contributed by atoms with Gasteiger partial charge in [-0.15, -0.1) is 0 Å². The van der Waals surface area contributed by atoms with Gasteiger partial charge in [0.05, 0.1) is 6.42 Å². The number of hydrogen-bond donors (Lipinski definition) is 1. The summed E-state index contributed by atoms with van der Waals surface area (Å²) in [6, 6.07) is 3.48. The topological polar surface area (TPSA) is 29.1 Å². The summed E-state index contributed by atoms with van der Waals surface area (Å²) in [6.45, 7) is 4.60. The van der Waals surface area contributed by atoms with E-state index in [4.69, 9.17) is 0 Å². The molecule has 0 aliphatic heterocycles. The summed E-state index contributed by atoms with van der Waals surface area (Å²) in [6.07, 6.45) is 0.0506. The maximum atomic E-state index is 12.9. The van der Waals surface area contributed by atoms with Crippen molar-refractivity contribution in [2.75, 3.05) is 6.54 Å².